The van der Waals surface area contributed by atoms with Gasteiger partial charge in [-0.3, -0.25) is 14.5 Å². The standard InChI is InChI=1S/C11H22N2O2/c1-4-6-9(7-5-2)11(15)13(3)10(14)8-12/h9H,4-8,12H2,1-3H3. The lowest BCUT2D eigenvalue weighted by Crippen LogP contribution is -2.41. The Hall–Kier alpha value is -0.900. The topological polar surface area (TPSA) is 63.4 Å². The fraction of sp³-hybridized carbons (Fsp3) is 0.818. The zero-order valence-electron chi connectivity index (χ0n) is 9.95. The molecule has 0 aliphatic rings. The molecule has 0 radical (unpaired) electrons. The molecule has 0 aromatic rings. The molecule has 2 N–H and O–H groups in total. The van der Waals surface area contributed by atoms with Crippen LogP contribution < -0.4 is 5.73 Å². The van der Waals surface area contributed by atoms with E-state index in [0.29, 0.717) is 0 Å². The van der Waals surface area contributed by atoms with Gasteiger partial charge in [-0.2, -0.15) is 0 Å². The number of hydrogen-bond acceptors (Lipinski definition) is 3. The molecule has 88 valence electrons. The summed E-state index contributed by atoms with van der Waals surface area (Å²) >= 11 is 0. The molecule has 0 aliphatic heterocycles. The maximum Gasteiger partial charge on any atom is 0.242 e. The number of rotatable bonds is 6. The minimum absolute atomic E-state index is 0.0273. The van der Waals surface area contributed by atoms with Gasteiger partial charge in [0.05, 0.1) is 6.54 Å². The number of carbonyl (C=O) groups excluding carboxylic acids is 2. The van der Waals surface area contributed by atoms with Crippen LogP contribution in [0.15, 0.2) is 0 Å². The Bertz CT molecular complexity index is 211. The van der Waals surface area contributed by atoms with Crippen molar-refractivity contribution in [3.05, 3.63) is 0 Å². The summed E-state index contributed by atoms with van der Waals surface area (Å²) in [6.45, 7) is 3.98. The Morgan fingerprint density at radius 1 is 1.20 bits per heavy atom. The van der Waals surface area contributed by atoms with Gasteiger partial charge in [0, 0.05) is 13.0 Å². The van der Waals surface area contributed by atoms with Crippen LogP contribution in [-0.4, -0.2) is 30.3 Å². The molecule has 4 heteroatoms. The predicted octanol–water partition coefficient (Wildman–Crippen LogP) is 1.15. The van der Waals surface area contributed by atoms with Crippen LogP contribution >= 0.6 is 0 Å². The van der Waals surface area contributed by atoms with E-state index in [2.05, 4.69) is 0 Å². The molecular weight excluding hydrogens is 192 g/mol. The molecule has 2 amide bonds. The highest BCUT2D eigenvalue weighted by Gasteiger charge is 2.23. The maximum atomic E-state index is 11.9. The van der Waals surface area contributed by atoms with Crippen molar-refractivity contribution in [2.24, 2.45) is 11.7 Å². The molecule has 15 heavy (non-hydrogen) atoms. The number of nitrogens with zero attached hydrogens (tertiary/aromatic N) is 1. The summed E-state index contributed by atoms with van der Waals surface area (Å²) in [7, 11) is 1.51. The number of amides is 2. The lowest BCUT2D eigenvalue weighted by atomic mass is 9.97. The molecule has 0 heterocycles. The third-order valence-corrected chi connectivity index (χ3v) is 2.50. The molecule has 0 saturated carbocycles. The first-order valence-corrected chi connectivity index (χ1v) is 5.58. The second kappa shape index (κ2) is 7.40. The first kappa shape index (κ1) is 14.1. The van der Waals surface area contributed by atoms with E-state index in [0.717, 1.165) is 30.6 Å². The summed E-state index contributed by atoms with van der Waals surface area (Å²) in [6, 6.07) is 0. The van der Waals surface area contributed by atoms with E-state index in [-0.39, 0.29) is 24.3 Å². The van der Waals surface area contributed by atoms with Gasteiger partial charge in [-0.1, -0.05) is 26.7 Å². The first-order valence-electron chi connectivity index (χ1n) is 5.58. The average Bonchev–Trinajstić information content (AvgIpc) is 2.25. The molecular formula is C11H22N2O2. The summed E-state index contributed by atoms with van der Waals surface area (Å²) in [5.41, 5.74) is 5.22. The third-order valence-electron chi connectivity index (χ3n) is 2.50. The summed E-state index contributed by atoms with van der Waals surface area (Å²) < 4.78 is 0. The molecule has 0 aliphatic carbocycles. The van der Waals surface area contributed by atoms with Crippen LogP contribution in [0.1, 0.15) is 39.5 Å². The van der Waals surface area contributed by atoms with Crippen molar-refractivity contribution >= 4 is 11.8 Å². The maximum absolute atomic E-state index is 11.9. The SMILES string of the molecule is CCCC(CCC)C(=O)N(C)C(=O)CN. The minimum Gasteiger partial charge on any atom is -0.322 e. The monoisotopic (exact) mass is 214 g/mol. The number of likely N-dealkylation sites (N-methyl/N-ethyl adjacent to an activating group) is 1. The highest BCUT2D eigenvalue weighted by atomic mass is 16.2. The van der Waals surface area contributed by atoms with E-state index in [4.69, 9.17) is 5.73 Å². The van der Waals surface area contributed by atoms with E-state index < -0.39 is 0 Å². The van der Waals surface area contributed by atoms with E-state index in [1.165, 1.54) is 7.05 Å². The third kappa shape index (κ3) is 4.42. The molecule has 0 aromatic carbocycles. The van der Waals surface area contributed by atoms with Gasteiger partial charge in [0.15, 0.2) is 0 Å². The largest absolute Gasteiger partial charge is 0.322 e. The van der Waals surface area contributed by atoms with Crippen molar-refractivity contribution in [1.82, 2.24) is 4.90 Å². The van der Waals surface area contributed by atoms with E-state index in [1.54, 1.807) is 0 Å². The molecule has 0 atom stereocenters. The smallest absolute Gasteiger partial charge is 0.242 e. The Balaban J connectivity index is 4.40. The van der Waals surface area contributed by atoms with Crippen molar-refractivity contribution in [3.8, 4) is 0 Å². The summed E-state index contributed by atoms with van der Waals surface area (Å²) in [5, 5.41) is 0. The molecule has 0 bridgehead atoms. The van der Waals surface area contributed by atoms with Crippen LogP contribution in [0.5, 0.6) is 0 Å². The van der Waals surface area contributed by atoms with Gasteiger partial charge in [0.2, 0.25) is 11.8 Å². The van der Waals surface area contributed by atoms with Crippen molar-refractivity contribution in [1.29, 1.82) is 0 Å². The summed E-state index contributed by atoms with van der Waals surface area (Å²) in [4.78, 5) is 24.3. The van der Waals surface area contributed by atoms with Crippen LogP contribution in [0.3, 0.4) is 0 Å². The second-order valence-corrected chi connectivity index (χ2v) is 3.77. The van der Waals surface area contributed by atoms with Crippen LogP contribution in [0.4, 0.5) is 0 Å². The molecule has 0 rings (SSSR count). The van der Waals surface area contributed by atoms with Gasteiger partial charge < -0.3 is 5.73 Å². The molecule has 0 spiro atoms. The Kier molecular flexibility index (Phi) is 6.96. The van der Waals surface area contributed by atoms with Crippen molar-refractivity contribution in [2.75, 3.05) is 13.6 Å². The normalized spacial score (nSPS) is 10.5. The summed E-state index contributed by atoms with van der Waals surface area (Å²) in [5.74, 6) is -0.424. The number of nitrogens with two attached hydrogens (primary N) is 1. The van der Waals surface area contributed by atoms with Gasteiger partial charge in [-0.05, 0) is 12.8 Å². The molecule has 0 fully saturated rings. The molecule has 0 saturated heterocycles. The van der Waals surface area contributed by atoms with Gasteiger partial charge in [0.1, 0.15) is 0 Å². The fourth-order valence-corrected chi connectivity index (χ4v) is 1.62. The average molecular weight is 214 g/mol. The van der Waals surface area contributed by atoms with Gasteiger partial charge in [-0.25, -0.2) is 0 Å². The molecule has 0 unspecified atom stereocenters. The summed E-state index contributed by atoms with van der Waals surface area (Å²) in [6.07, 6.45) is 3.60. The quantitative estimate of drug-likeness (QED) is 0.721. The van der Waals surface area contributed by atoms with Gasteiger partial charge in [-0.15, -0.1) is 0 Å². The highest BCUT2D eigenvalue weighted by molar-refractivity contribution is 5.96. The highest BCUT2D eigenvalue weighted by Crippen LogP contribution is 2.16. The van der Waals surface area contributed by atoms with Crippen LogP contribution in [-0.2, 0) is 9.59 Å². The lowest BCUT2D eigenvalue weighted by molar-refractivity contribution is -0.145. The van der Waals surface area contributed by atoms with Crippen LogP contribution in [0.25, 0.3) is 0 Å². The zero-order chi connectivity index (χ0) is 11.8. The van der Waals surface area contributed by atoms with Crippen molar-refractivity contribution in [3.63, 3.8) is 0 Å². The Morgan fingerprint density at radius 2 is 1.67 bits per heavy atom. The Morgan fingerprint density at radius 3 is 2.00 bits per heavy atom. The van der Waals surface area contributed by atoms with Gasteiger partial charge >= 0.3 is 0 Å². The fourth-order valence-electron chi connectivity index (χ4n) is 1.62. The number of imide groups is 1. The van der Waals surface area contributed by atoms with Crippen LogP contribution in [0, 0.1) is 5.92 Å². The lowest BCUT2D eigenvalue weighted by Gasteiger charge is -2.21. The van der Waals surface area contributed by atoms with Crippen molar-refractivity contribution < 1.29 is 9.59 Å². The zero-order valence-corrected chi connectivity index (χ0v) is 9.95. The molecule has 4 nitrogen and oxygen atoms in total. The second-order valence-electron chi connectivity index (χ2n) is 3.77. The van der Waals surface area contributed by atoms with E-state index in [9.17, 15) is 9.59 Å². The number of carbonyl (C=O) groups is 2. The predicted molar refractivity (Wildman–Crippen MR) is 60.1 cm³/mol. The van der Waals surface area contributed by atoms with E-state index in [1.807, 2.05) is 13.8 Å². The minimum atomic E-state index is -0.308. The van der Waals surface area contributed by atoms with Crippen LogP contribution in [0.2, 0.25) is 0 Å². The van der Waals surface area contributed by atoms with E-state index >= 15 is 0 Å². The number of hydrogen-bond donors (Lipinski definition) is 1. The Labute approximate surface area is 91.8 Å². The molecule has 0 aromatic heterocycles. The first-order chi connectivity index (χ1) is 7.08. The van der Waals surface area contributed by atoms with Gasteiger partial charge in [0.25, 0.3) is 0 Å². The van der Waals surface area contributed by atoms with Crippen molar-refractivity contribution in [2.45, 2.75) is 39.5 Å².